The van der Waals surface area contributed by atoms with E-state index < -0.39 is 6.61 Å². The highest BCUT2D eigenvalue weighted by Crippen LogP contribution is 2.15. The zero-order valence-electron chi connectivity index (χ0n) is 14.0. The zero-order valence-corrected chi connectivity index (χ0v) is 15.6. The first-order valence-corrected chi connectivity index (χ1v) is 8.75. The van der Waals surface area contributed by atoms with Crippen LogP contribution in [0.4, 0.5) is 14.7 Å². The van der Waals surface area contributed by atoms with Gasteiger partial charge in [-0.05, 0) is 35.4 Å². The number of ether oxygens (including phenoxy) is 1. The van der Waals surface area contributed by atoms with Crippen LogP contribution in [0.1, 0.15) is 11.1 Å². The van der Waals surface area contributed by atoms with Gasteiger partial charge in [0, 0.05) is 4.47 Å². The fourth-order valence-electron chi connectivity index (χ4n) is 2.35. The van der Waals surface area contributed by atoms with E-state index in [0.29, 0.717) is 12.1 Å². The Kier molecular flexibility index (Phi) is 6.12. The van der Waals surface area contributed by atoms with E-state index in [-0.39, 0.29) is 24.0 Å². The van der Waals surface area contributed by atoms with Crippen molar-refractivity contribution in [3.8, 4) is 5.75 Å². The van der Waals surface area contributed by atoms with E-state index >= 15 is 0 Å². The van der Waals surface area contributed by atoms with Gasteiger partial charge in [0.05, 0.1) is 13.0 Å². The van der Waals surface area contributed by atoms with E-state index in [1.54, 1.807) is 16.8 Å². The van der Waals surface area contributed by atoms with Crippen molar-refractivity contribution in [2.75, 3.05) is 5.32 Å². The van der Waals surface area contributed by atoms with Crippen LogP contribution in [-0.2, 0) is 17.8 Å². The largest absolute Gasteiger partial charge is 0.435 e. The van der Waals surface area contributed by atoms with Gasteiger partial charge in [-0.2, -0.15) is 8.78 Å². The highest BCUT2D eigenvalue weighted by Gasteiger charge is 2.09. The lowest BCUT2D eigenvalue weighted by Crippen LogP contribution is -2.15. The molecule has 0 spiro atoms. The molecular formula is C18H15BrF2N4O2. The number of carbonyl (C=O) groups excluding carboxylic acids is 1. The molecule has 0 saturated carbocycles. The number of hydrogen-bond donors (Lipinski definition) is 1. The third kappa shape index (κ3) is 5.85. The minimum atomic E-state index is -2.88. The molecule has 1 N–H and O–H groups in total. The molecule has 0 saturated heterocycles. The topological polar surface area (TPSA) is 69.0 Å². The van der Waals surface area contributed by atoms with Gasteiger partial charge in [0.15, 0.2) is 0 Å². The quantitative estimate of drug-likeness (QED) is 0.610. The number of nitrogens with one attached hydrogen (secondary N) is 1. The minimum absolute atomic E-state index is 0.0440. The number of aromatic nitrogens is 3. The van der Waals surface area contributed by atoms with Gasteiger partial charge in [0.2, 0.25) is 11.9 Å². The molecule has 3 aromatic rings. The summed E-state index contributed by atoms with van der Waals surface area (Å²) in [6.07, 6.45) is 1.60. The van der Waals surface area contributed by atoms with Crippen LogP contribution < -0.4 is 10.1 Å². The van der Waals surface area contributed by atoms with Crippen molar-refractivity contribution in [2.24, 2.45) is 0 Å². The highest BCUT2D eigenvalue weighted by molar-refractivity contribution is 9.10. The predicted molar refractivity (Wildman–Crippen MR) is 98.7 cm³/mol. The first-order chi connectivity index (χ1) is 13.0. The van der Waals surface area contributed by atoms with Crippen molar-refractivity contribution in [1.29, 1.82) is 0 Å². The van der Waals surface area contributed by atoms with E-state index in [9.17, 15) is 13.6 Å². The number of hydrogen-bond acceptors (Lipinski definition) is 4. The number of benzene rings is 2. The Hall–Kier alpha value is -2.81. The fourth-order valence-corrected chi connectivity index (χ4v) is 2.61. The number of amides is 1. The molecule has 1 amide bonds. The molecule has 0 aliphatic carbocycles. The number of halogens is 3. The number of nitrogens with zero attached hydrogens (tertiary/aromatic N) is 3. The van der Waals surface area contributed by atoms with E-state index in [1.807, 2.05) is 24.3 Å². The Morgan fingerprint density at radius 1 is 1.11 bits per heavy atom. The summed E-state index contributed by atoms with van der Waals surface area (Å²) >= 11 is 3.38. The third-order valence-corrected chi connectivity index (χ3v) is 4.09. The van der Waals surface area contributed by atoms with Crippen molar-refractivity contribution in [3.63, 3.8) is 0 Å². The second-order valence-electron chi connectivity index (χ2n) is 5.64. The summed E-state index contributed by atoms with van der Waals surface area (Å²) in [5, 5.41) is 6.83. The molecule has 0 unspecified atom stereocenters. The Morgan fingerprint density at radius 2 is 1.78 bits per heavy atom. The van der Waals surface area contributed by atoms with E-state index in [2.05, 4.69) is 36.1 Å². The standard InChI is InChI=1S/C18H15BrF2N4O2/c19-14-5-1-13(2-6-14)10-25-11-22-18(24-25)23-16(26)9-12-3-7-15(8-4-12)27-17(20)21/h1-8,11,17H,9-10H2,(H,23,24,26). The molecule has 9 heteroatoms. The van der Waals surface area contributed by atoms with E-state index in [4.69, 9.17) is 0 Å². The van der Waals surface area contributed by atoms with Gasteiger partial charge in [-0.25, -0.2) is 9.67 Å². The van der Waals surface area contributed by atoms with Crippen molar-refractivity contribution in [2.45, 2.75) is 19.6 Å². The van der Waals surface area contributed by atoms with Gasteiger partial charge in [0.25, 0.3) is 0 Å². The number of carbonyl (C=O) groups is 1. The van der Waals surface area contributed by atoms with Crippen LogP contribution in [0.25, 0.3) is 0 Å². The van der Waals surface area contributed by atoms with Crippen LogP contribution in [0.2, 0.25) is 0 Å². The first kappa shape index (κ1) is 19.0. The van der Waals surface area contributed by atoms with Crippen LogP contribution >= 0.6 is 15.9 Å². The number of rotatable bonds is 7. The first-order valence-electron chi connectivity index (χ1n) is 7.95. The third-order valence-electron chi connectivity index (χ3n) is 3.56. The summed E-state index contributed by atoms with van der Waals surface area (Å²) in [5.41, 5.74) is 1.70. The average molecular weight is 437 g/mol. The predicted octanol–water partition coefficient (Wildman–Crippen LogP) is 3.87. The van der Waals surface area contributed by atoms with Crippen molar-refractivity contribution >= 4 is 27.8 Å². The van der Waals surface area contributed by atoms with E-state index in [0.717, 1.165) is 10.0 Å². The normalized spacial score (nSPS) is 10.8. The van der Waals surface area contributed by atoms with Gasteiger partial charge in [0.1, 0.15) is 12.1 Å². The molecule has 2 aromatic carbocycles. The Bertz CT molecular complexity index is 898. The van der Waals surface area contributed by atoms with E-state index in [1.165, 1.54) is 18.5 Å². The molecule has 1 aromatic heterocycles. The summed E-state index contributed by atoms with van der Waals surface area (Å²) in [7, 11) is 0. The second kappa shape index (κ2) is 8.72. The lowest BCUT2D eigenvalue weighted by molar-refractivity contribution is -0.115. The molecule has 140 valence electrons. The SMILES string of the molecule is O=C(Cc1ccc(OC(F)F)cc1)Nc1ncn(Cc2ccc(Br)cc2)n1. The maximum Gasteiger partial charge on any atom is 0.387 e. The fraction of sp³-hybridized carbons (Fsp3) is 0.167. The van der Waals surface area contributed by atoms with Gasteiger partial charge >= 0.3 is 6.61 Å². The van der Waals surface area contributed by atoms with Gasteiger partial charge < -0.3 is 4.74 Å². The number of anilines is 1. The van der Waals surface area contributed by atoms with Crippen molar-refractivity contribution in [3.05, 3.63) is 70.5 Å². The summed E-state index contributed by atoms with van der Waals surface area (Å²) in [6.45, 7) is -2.35. The number of alkyl halides is 2. The smallest absolute Gasteiger partial charge is 0.387 e. The van der Waals surface area contributed by atoms with Gasteiger partial charge in [-0.1, -0.05) is 40.2 Å². The summed E-state index contributed by atoms with van der Waals surface area (Å²) < 4.78 is 31.1. The summed E-state index contributed by atoms with van der Waals surface area (Å²) in [4.78, 5) is 16.2. The Balaban J connectivity index is 1.53. The Morgan fingerprint density at radius 3 is 2.44 bits per heavy atom. The molecule has 0 bridgehead atoms. The molecular weight excluding hydrogens is 422 g/mol. The minimum Gasteiger partial charge on any atom is -0.435 e. The lowest BCUT2D eigenvalue weighted by Gasteiger charge is -2.05. The van der Waals surface area contributed by atoms with Gasteiger partial charge in [-0.15, -0.1) is 5.10 Å². The molecule has 0 fully saturated rings. The highest BCUT2D eigenvalue weighted by atomic mass is 79.9. The average Bonchev–Trinajstić information content (AvgIpc) is 3.05. The van der Waals surface area contributed by atoms with Gasteiger partial charge in [-0.3, -0.25) is 10.1 Å². The molecule has 27 heavy (non-hydrogen) atoms. The summed E-state index contributed by atoms with van der Waals surface area (Å²) in [5.74, 6) is -0.0591. The van der Waals surface area contributed by atoms with Crippen LogP contribution in [0.5, 0.6) is 5.75 Å². The van der Waals surface area contributed by atoms with Crippen LogP contribution in [0.15, 0.2) is 59.3 Å². The van der Waals surface area contributed by atoms with Crippen molar-refractivity contribution in [1.82, 2.24) is 14.8 Å². The second-order valence-corrected chi connectivity index (χ2v) is 6.56. The molecule has 0 atom stereocenters. The maximum atomic E-state index is 12.1. The monoisotopic (exact) mass is 436 g/mol. The molecule has 0 aliphatic heterocycles. The molecule has 0 aliphatic rings. The Labute approximate surface area is 162 Å². The van der Waals surface area contributed by atoms with Crippen molar-refractivity contribution < 1.29 is 18.3 Å². The lowest BCUT2D eigenvalue weighted by atomic mass is 10.1. The molecule has 6 nitrogen and oxygen atoms in total. The molecule has 0 radical (unpaired) electrons. The zero-order chi connectivity index (χ0) is 19.2. The summed E-state index contributed by atoms with van der Waals surface area (Å²) in [6, 6.07) is 13.7. The van der Waals surface area contributed by atoms with Crippen LogP contribution in [0, 0.1) is 0 Å². The molecule has 1 heterocycles. The molecule has 3 rings (SSSR count). The van der Waals surface area contributed by atoms with Crippen LogP contribution in [0.3, 0.4) is 0 Å². The maximum absolute atomic E-state index is 12.1. The van der Waals surface area contributed by atoms with Crippen LogP contribution in [-0.4, -0.2) is 27.3 Å².